The van der Waals surface area contributed by atoms with Crippen molar-refractivity contribution in [2.45, 2.75) is 44.2 Å². The predicted molar refractivity (Wildman–Crippen MR) is 156 cm³/mol. The highest BCUT2D eigenvalue weighted by atomic mass is 79.9. The van der Waals surface area contributed by atoms with E-state index in [0.29, 0.717) is 18.0 Å². The number of hydrogen-bond acceptors (Lipinski definition) is 5. The summed E-state index contributed by atoms with van der Waals surface area (Å²) in [5.74, 6) is -0.282. The monoisotopic (exact) mass is 615 g/mol. The molecule has 1 atom stereocenters. The van der Waals surface area contributed by atoms with Crippen LogP contribution in [0.4, 0.5) is 5.69 Å². The minimum absolute atomic E-state index is 0.0183. The summed E-state index contributed by atoms with van der Waals surface area (Å²) in [5, 5.41) is 2.88. The maximum absolute atomic E-state index is 13.9. The van der Waals surface area contributed by atoms with Crippen molar-refractivity contribution in [2.24, 2.45) is 0 Å². The van der Waals surface area contributed by atoms with Gasteiger partial charge < -0.3 is 15.0 Å². The molecule has 39 heavy (non-hydrogen) atoms. The summed E-state index contributed by atoms with van der Waals surface area (Å²) < 4.78 is 34.7. The van der Waals surface area contributed by atoms with Gasteiger partial charge >= 0.3 is 0 Å². The number of halogens is 1. The van der Waals surface area contributed by atoms with E-state index in [0.717, 1.165) is 27.2 Å². The molecule has 8 nitrogen and oxygen atoms in total. The number of para-hydroxylation sites is 1. The van der Waals surface area contributed by atoms with Crippen molar-refractivity contribution >= 4 is 43.5 Å². The fraction of sp³-hybridized carbons (Fsp3) is 0.310. The molecule has 0 bridgehead atoms. The van der Waals surface area contributed by atoms with E-state index >= 15 is 0 Å². The van der Waals surface area contributed by atoms with Gasteiger partial charge in [-0.2, -0.15) is 0 Å². The normalized spacial score (nSPS) is 11.9. The summed E-state index contributed by atoms with van der Waals surface area (Å²) in [4.78, 5) is 28.3. The number of methoxy groups -OCH3 is 1. The first kappa shape index (κ1) is 30.2. The number of benzene rings is 3. The van der Waals surface area contributed by atoms with E-state index in [9.17, 15) is 18.0 Å². The van der Waals surface area contributed by atoms with Crippen molar-refractivity contribution in [3.63, 3.8) is 0 Å². The Balaban J connectivity index is 1.96. The van der Waals surface area contributed by atoms with Gasteiger partial charge in [0.15, 0.2) is 0 Å². The SMILES string of the molecule is CCCCNC(=O)[C@@H](C)N(Cc1ccc(Br)cc1)C(=O)CN(c1ccccc1)S(=O)(=O)c1ccc(OC)cc1. The number of nitrogens with one attached hydrogen (secondary N) is 1. The molecule has 0 saturated carbocycles. The predicted octanol–water partition coefficient (Wildman–Crippen LogP) is 4.99. The minimum atomic E-state index is -4.13. The maximum atomic E-state index is 13.9. The van der Waals surface area contributed by atoms with E-state index < -0.39 is 28.5 Å². The van der Waals surface area contributed by atoms with Crippen LogP contribution in [-0.2, 0) is 26.2 Å². The number of rotatable bonds is 13. The van der Waals surface area contributed by atoms with E-state index in [1.807, 2.05) is 31.2 Å². The average Bonchev–Trinajstić information content (AvgIpc) is 2.95. The lowest BCUT2D eigenvalue weighted by Crippen LogP contribution is -2.51. The average molecular weight is 617 g/mol. The Morgan fingerprint density at radius 3 is 2.21 bits per heavy atom. The highest BCUT2D eigenvalue weighted by molar-refractivity contribution is 9.10. The third-order valence-corrected chi connectivity index (χ3v) is 8.55. The molecule has 0 radical (unpaired) electrons. The fourth-order valence-corrected chi connectivity index (χ4v) is 5.58. The third-order valence-electron chi connectivity index (χ3n) is 6.23. The number of hydrogen-bond donors (Lipinski definition) is 1. The van der Waals surface area contributed by atoms with Crippen molar-refractivity contribution in [1.29, 1.82) is 0 Å². The van der Waals surface area contributed by atoms with Gasteiger partial charge in [0.1, 0.15) is 18.3 Å². The Morgan fingerprint density at radius 2 is 1.62 bits per heavy atom. The van der Waals surface area contributed by atoms with Gasteiger partial charge in [-0.05, 0) is 67.4 Å². The van der Waals surface area contributed by atoms with Crippen LogP contribution in [0.3, 0.4) is 0 Å². The highest BCUT2D eigenvalue weighted by Crippen LogP contribution is 2.26. The molecule has 0 heterocycles. The summed E-state index contributed by atoms with van der Waals surface area (Å²) >= 11 is 3.41. The number of ether oxygens (including phenoxy) is 1. The summed E-state index contributed by atoms with van der Waals surface area (Å²) in [6.45, 7) is 3.84. The van der Waals surface area contributed by atoms with Crippen LogP contribution in [0.1, 0.15) is 32.3 Å². The molecule has 0 saturated heterocycles. The number of carbonyl (C=O) groups is 2. The summed E-state index contributed by atoms with van der Waals surface area (Å²) in [7, 11) is -2.63. The number of amides is 2. The number of unbranched alkanes of at least 4 members (excludes halogenated alkanes) is 1. The molecular formula is C29H34BrN3O5S. The highest BCUT2D eigenvalue weighted by Gasteiger charge is 2.32. The summed E-state index contributed by atoms with van der Waals surface area (Å²) in [6.07, 6.45) is 1.74. The topological polar surface area (TPSA) is 96.0 Å². The summed E-state index contributed by atoms with van der Waals surface area (Å²) in [5.41, 5.74) is 1.15. The van der Waals surface area contributed by atoms with Crippen LogP contribution in [0.2, 0.25) is 0 Å². The Kier molecular flexibility index (Phi) is 10.9. The van der Waals surface area contributed by atoms with Crippen LogP contribution in [0.15, 0.2) is 88.2 Å². The standard InChI is InChI=1S/C29H34BrN3O5S/c1-4-5-19-31-29(35)22(2)32(20-23-11-13-24(30)14-12-23)28(34)21-33(25-9-7-6-8-10-25)39(36,37)27-17-15-26(38-3)16-18-27/h6-18,22H,4-5,19-21H2,1-3H3,(H,31,35)/t22-/m1/s1. The van der Waals surface area contributed by atoms with E-state index in [-0.39, 0.29) is 17.3 Å². The summed E-state index contributed by atoms with van der Waals surface area (Å²) in [6, 6.07) is 21.1. The number of sulfonamides is 1. The Bertz CT molecular complexity index is 1330. The first-order valence-electron chi connectivity index (χ1n) is 12.7. The lowest BCUT2D eigenvalue weighted by molar-refractivity contribution is -0.139. The van der Waals surface area contributed by atoms with Crippen LogP contribution in [-0.4, -0.2) is 51.4 Å². The molecule has 0 aliphatic rings. The molecule has 0 aliphatic heterocycles. The van der Waals surface area contributed by atoms with Crippen LogP contribution in [0, 0.1) is 0 Å². The molecule has 3 aromatic carbocycles. The molecule has 0 aromatic heterocycles. The molecule has 0 unspecified atom stereocenters. The van der Waals surface area contributed by atoms with Gasteiger partial charge in [-0.1, -0.05) is 59.6 Å². The van der Waals surface area contributed by atoms with Gasteiger partial charge in [-0.15, -0.1) is 0 Å². The molecule has 2 amide bonds. The van der Waals surface area contributed by atoms with Crippen molar-refractivity contribution < 1.29 is 22.7 Å². The number of carbonyl (C=O) groups excluding carboxylic acids is 2. The van der Waals surface area contributed by atoms with Crippen molar-refractivity contribution in [3.8, 4) is 5.75 Å². The molecule has 0 spiro atoms. The van der Waals surface area contributed by atoms with Crippen LogP contribution in [0.5, 0.6) is 5.75 Å². The molecule has 10 heteroatoms. The largest absolute Gasteiger partial charge is 0.497 e. The van der Waals surface area contributed by atoms with Crippen molar-refractivity contribution in [2.75, 3.05) is 24.5 Å². The molecule has 3 aromatic rings. The second-order valence-corrected chi connectivity index (χ2v) is 11.8. The second kappa shape index (κ2) is 14.1. The first-order valence-corrected chi connectivity index (χ1v) is 14.9. The first-order chi connectivity index (χ1) is 18.7. The third kappa shape index (κ3) is 8.06. The molecular weight excluding hydrogens is 582 g/mol. The lowest BCUT2D eigenvalue weighted by Gasteiger charge is -2.32. The Labute approximate surface area is 239 Å². The Morgan fingerprint density at radius 1 is 0.974 bits per heavy atom. The fourth-order valence-electron chi connectivity index (χ4n) is 3.90. The van der Waals surface area contributed by atoms with Crippen molar-refractivity contribution in [1.82, 2.24) is 10.2 Å². The van der Waals surface area contributed by atoms with Gasteiger partial charge in [0, 0.05) is 17.6 Å². The van der Waals surface area contributed by atoms with Crippen LogP contribution in [0.25, 0.3) is 0 Å². The zero-order valence-electron chi connectivity index (χ0n) is 22.3. The molecule has 0 fully saturated rings. The smallest absolute Gasteiger partial charge is 0.264 e. The van der Waals surface area contributed by atoms with Crippen molar-refractivity contribution in [3.05, 3.63) is 88.9 Å². The number of nitrogens with zero attached hydrogens (tertiary/aromatic N) is 2. The van der Waals surface area contributed by atoms with Crippen LogP contribution >= 0.6 is 15.9 Å². The van der Waals surface area contributed by atoms with E-state index in [4.69, 9.17) is 4.74 Å². The lowest BCUT2D eigenvalue weighted by atomic mass is 10.1. The zero-order chi connectivity index (χ0) is 28.4. The zero-order valence-corrected chi connectivity index (χ0v) is 24.7. The molecule has 3 rings (SSSR count). The van der Waals surface area contributed by atoms with Gasteiger partial charge in [0.05, 0.1) is 17.7 Å². The van der Waals surface area contributed by atoms with Gasteiger partial charge in [0.2, 0.25) is 11.8 Å². The van der Waals surface area contributed by atoms with Gasteiger partial charge in [0.25, 0.3) is 10.0 Å². The molecule has 0 aliphatic carbocycles. The number of anilines is 1. The molecule has 1 N–H and O–H groups in total. The quantitative estimate of drug-likeness (QED) is 0.273. The maximum Gasteiger partial charge on any atom is 0.264 e. The molecule has 208 valence electrons. The van der Waals surface area contributed by atoms with E-state index in [1.54, 1.807) is 49.4 Å². The second-order valence-electron chi connectivity index (χ2n) is 8.99. The van der Waals surface area contributed by atoms with Crippen LogP contribution < -0.4 is 14.4 Å². The Hall–Kier alpha value is -3.37. The van der Waals surface area contributed by atoms with Gasteiger partial charge in [-0.25, -0.2) is 8.42 Å². The van der Waals surface area contributed by atoms with Gasteiger partial charge in [-0.3, -0.25) is 13.9 Å². The van der Waals surface area contributed by atoms with E-state index in [1.165, 1.54) is 24.1 Å². The van der Waals surface area contributed by atoms with E-state index in [2.05, 4.69) is 21.2 Å². The minimum Gasteiger partial charge on any atom is -0.497 e.